The lowest BCUT2D eigenvalue weighted by molar-refractivity contribution is 0.245. The fourth-order valence-corrected chi connectivity index (χ4v) is 3.29. The standard InChI is InChI=1S/C12H17N3O3S/c1-7-3-6-10(13)8(2)11(7)19(17,18)15-12(16)14-9-4-5-9/h3,6,9H,4-5,13H2,1-2H3,(H2,14,15,16). The van der Waals surface area contributed by atoms with Crippen LogP contribution in [0.3, 0.4) is 0 Å². The zero-order valence-corrected chi connectivity index (χ0v) is 11.7. The van der Waals surface area contributed by atoms with Crippen molar-refractivity contribution in [2.75, 3.05) is 5.73 Å². The van der Waals surface area contributed by atoms with Gasteiger partial charge in [-0.05, 0) is 43.9 Å². The molecule has 2 rings (SSSR count). The van der Waals surface area contributed by atoms with Crippen molar-refractivity contribution in [1.82, 2.24) is 10.0 Å². The van der Waals surface area contributed by atoms with Crippen LogP contribution in [-0.4, -0.2) is 20.5 Å². The summed E-state index contributed by atoms with van der Waals surface area (Å²) in [5, 5.41) is 2.57. The molecule has 19 heavy (non-hydrogen) atoms. The smallest absolute Gasteiger partial charge is 0.328 e. The molecule has 104 valence electrons. The number of carbonyl (C=O) groups excluding carboxylic acids is 1. The van der Waals surface area contributed by atoms with E-state index in [9.17, 15) is 13.2 Å². The number of hydrogen-bond acceptors (Lipinski definition) is 4. The minimum absolute atomic E-state index is 0.0680. The molecule has 0 atom stereocenters. The van der Waals surface area contributed by atoms with Gasteiger partial charge in [0.1, 0.15) is 0 Å². The van der Waals surface area contributed by atoms with Gasteiger partial charge in [-0.3, -0.25) is 0 Å². The molecule has 1 aromatic carbocycles. The number of carbonyl (C=O) groups is 1. The summed E-state index contributed by atoms with van der Waals surface area (Å²) in [6.07, 6.45) is 1.79. The number of amides is 2. The van der Waals surface area contributed by atoms with Crippen LogP contribution in [-0.2, 0) is 10.0 Å². The fourth-order valence-electron chi connectivity index (χ4n) is 1.87. The number of nitrogens with one attached hydrogen (secondary N) is 2. The van der Waals surface area contributed by atoms with Gasteiger partial charge in [-0.25, -0.2) is 17.9 Å². The topological polar surface area (TPSA) is 101 Å². The van der Waals surface area contributed by atoms with Gasteiger partial charge in [0.2, 0.25) is 0 Å². The van der Waals surface area contributed by atoms with Gasteiger partial charge in [-0.1, -0.05) is 6.07 Å². The van der Waals surface area contributed by atoms with E-state index in [1.165, 1.54) is 0 Å². The molecule has 1 aliphatic rings. The van der Waals surface area contributed by atoms with Crippen LogP contribution in [0.1, 0.15) is 24.0 Å². The molecule has 0 heterocycles. The quantitative estimate of drug-likeness (QED) is 0.721. The number of urea groups is 1. The average Bonchev–Trinajstić information content (AvgIpc) is 3.06. The molecule has 7 heteroatoms. The second-order valence-electron chi connectivity index (χ2n) is 4.78. The summed E-state index contributed by atoms with van der Waals surface area (Å²) < 4.78 is 26.4. The molecule has 1 saturated carbocycles. The zero-order valence-electron chi connectivity index (χ0n) is 10.9. The minimum atomic E-state index is -3.90. The first-order chi connectivity index (χ1) is 8.81. The first kappa shape index (κ1) is 13.7. The molecule has 0 saturated heterocycles. The van der Waals surface area contributed by atoms with E-state index in [-0.39, 0.29) is 10.9 Å². The molecule has 0 unspecified atom stereocenters. The third kappa shape index (κ3) is 2.98. The van der Waals surface area contributed by atoms with Crippen molar-refractivity contribution in [3.8, 4) is 0 Å². The number of nitrogens with two attached hydrogens (primary N) is 1. The van der Waals surface area contributed by atoms with Crippen molar-refractivity contribution >= 4 is 21.7 Å². The van der Waals surface area contributed by atoms with Gasteiger partial charge in [-0.15, -0.1) is 0 Å². The van der Waals surface area contributed by atoms with Crippen LogP contribution >= 0.6 is 0 Å². The third-order valence-corrected chi connectivity index (χ3v) is 4.67. The molecule has 0 radical (unpaired) electrons. The molecule has 6 nitrogen and oxygen atoms in total. The Kier molecular flexibility index (Phi) is 3.40. The van der Waals surface area contributed by atoms with E-state index in [4.69, 9.17) is 5.73 Å². The Morgan fingerprint density at radius 2 is 1.95 bits per heavy atom. The molecule has 2 amide bonds. The number of aryl methyl sites for hydroxylation is 1. The van der Waals surface area contributed by atoms with Crippen LogP contribution in [0.5, 0.6) is 0 Å². The normalized spacial score (nSPS) is 15.1. The second kappa shape index (κ2) is 4.73. The van der Waals surface area contributed by atoms with E-state index in [2.05, 4.69) is 5.32 Å². The highest BCUT2D eigenvalue weighted by molar-refractivity contribution is 7.90. The van der Waals surface area contributed by atoms with Crippen LogP contribution in [0.25, 0.3) is 0 Å². The lowest BCUT2D eigenvalue weighted by Gasteiger charge is -2.13. The molecule has 1 aromatic rings. The maximum Gasteiger partial charge on any atom is 0.328 e. The van der Waals surface area contributed by atoms with Crippen LogP contribution in [0.4, 0.5) is 10.5 Å². The second-order valence-corrected chi connectivity index (χ2v) is 6.40. The van der Waals surface area contributed by atoms with E-state index >= 15 is 0 Å². The Morgan fingerprint density at radius 3 is 2.53 bits per heavy atom. The Hall–Kier alpha value is -1.76. The Labute approximate surface area is 112 Å². The maximum absolute atomic E-state index is 12.2. The lowest BCUT2D eigenvalue weighted by atomic mass is 10.1. The van der Waals surface area contributed by atoms with E-state index in [0.717, 1.165) is 12.8 Å². The molecule has 0 aliphatic heterocycles. The monoisotopic (exact) mass is 283 g/mol. The molecular formula is C12H17N3O3S. The molecule has 1 fully saturated rings. The van der Waals surface area contributed by atoms with Gasteiger partial charge >= 0.3 is 6.03 Å². The minimum Gasteiger partial charge on any atom is -0.398 e. The van der Waals surface area contributed by atoms with Gasteiger partial charge < -0.3 is 11.1 Å². The maximum atomic E-state index is 12.2. The lowest BCUT2D eigenvalue weighted by Crippen LogP contribution is -2.40. The van der Waals surface area contributed by atoms with Gasteiger partial charge in [0.15, 0.2) is 0 Å². The largest absolute Gasteiger partial charge is 0.398 e. The van der Waals surface area contributed by atoms with Crippen molar-refractivity contribution in [2.45, 2.75) is 37.6 Å². The van der Waals surface area contributed by atoms with Crippen LogP contribution in [0, 0.1) is 13.8 Å². The van der Waals surface area contributed by atoms with E-state index in [0.29, 0.717) is 16.8 Å². The first-order valence-corrected chi connectivity index (χ1v) is 7.48. The SMILES string of the molecule is Cc1ccc(N)c(C)c1S(=O)(=O)NC(=O)NC1CC1. The summed E-state index contributed by atoms with van der Waals surface area (Å²) >= 11 is 0. The predicted octanol–water partition coefficient (Wildman–Crippen LogP) is 1.04. The summed E-state index contributed by atoms with van der Waals surface area (Å²) in [6.45, 7) is 3.29. The number of nitrogen functional groups attached to an aromatic ring is 1. The summed E-state index contributed by atoms with van der Waals surface area (Å²) in [7, 11) is -3.90. The summed E-state index contributed by atoms with van der Waals surface area (Å²) in [6, 6.07) is 2.67. The predicted molar refractivity (Wildman–Crippen MR) is 72.2 cm³/mol. The van der Waals surface area contributed by atoms with E-state index < -0.39 is 16.1 Å². The molecule has 0 aromatic heterocycles. The summed E-state index contributed by atoms with van der Waals surface area (Å²) in [4.78, 5) is 11.6. The Balaban J connectivity index is 2.28. The van der Waals surface area contributed by atoms with Crippen LogP contribution in [0.2, 0.25) is 0 Å². The molecular weight excluding hydrogens is 266 g/mol. The highest BCUT2D eigenvalue weighted by atomic mass is 32.2. The summed E-state index contributed by atoms with van der Waals surface area (Å²) in [5.41, 5.74) is 7.10. The third-order valence-electron chi connectivity index (χ3n) is 3.05. The highest BCUT2D eigenvalue weighted by Crippen LogP contribution is 2.24. The van der Waals surface area contributed by atoms with Gasteiger partial charge in [0.25, 0.3) is 10.0 Å². The van der Waals surface area contributed by atoms with Crippen LogP contribution in [0.15, 0.2) is 17.0 Å². The van der Waals surface area contributed by atoms with Crippen molar-refractivity contribution in [1.29, 1.82) is 0 Å². The van der Waals surface area contributed by atoms with Crippen molar-refractivity contribution in [3.05, 3.63) is 23.3 Å². The number of rotatable bonds is 3. The van der Waals surface area contributed by atoms with Gasteiger partial charge in [0.05, 0.1) is 4.90 Å². The van der Waals surface area contributed by atoms with Crippen molar-refractivity contribution in [3.63, 3.8) is 0 Å². The van der Waals surface area contributed by atoms with Crippen LogP contribution < -0.4 is 15.8 Å². The number of sulfonamides is 1. The van der Waals surface area contributed by atoms with Crippen molar-refractivity contribution in [2.24, 2.45) is 0 Å². The molecule has 1 aliphatic carbocycles. The summed E-state index contributed by atoms with van der Waals surface area (Å²) in [5.74, 6) is 0. The molecule has 0 spiro atoms. The molecule has 0 bridgehead atoms. The molecule has 4 N–H and O–H groups in total. The van der Waals surface area contributed by atoms with Gasteiger partial charge in [0, 0.05) is 11.7 Å². The average molecular weight is 283 g/mol. The van der Waals surface area contributed by atoms with E-state index in [1.54, 1.807) is 26.0 Å². The highest BCUT2D eigenvalue weighted by Gasteiger charge is 2.27. The van der Waals surface area contributed by atoms with Crippen molar-refractivity contribution < 1.29 is 13.2 Å². The first-order valence-electron chi connectivity index (χ1n) is 6.00. The van der Waals surface area contributed by atoms with E-state index in [1.807, 2.05) is 4.72 Å². The Morgan fingerprint density at radius 1 is 1.32 bits per heavy atom. The zero-order chi connectivity index (χ0) is 14.2. The number of benzene rings is 1. The Bertz CT molecular complexity index is 621. The number of anilines is 1. The van der Waals surface area contributed by atoms with Gasteiger partial charge in [-0.2, -0.15) is 0 Å². The number of hydrogen-bond donors (Lipinski definition) is 3. The fraction of sp³-hybridized carbons (Fsp3) is 0.417.